The molecule has 1 aliphatic heterocycles. The number of hydrogen-bond donors (Lipinski definition) is 1. The normalized spacial score (nSPS) is 16.3. The van der Waals surface area contributed by atoms with E-state index >= 15 is 0 Å². The van der Waals surface area contributed by atoms with Crippen LogP contribution in [0.2, 0.25) is 5.02 Å². The Morgan fingerprint density at radius 2 is 2.00 bits per heavy atom. The van der Waals surface area contributed by atoms with Crippen molar-refractivity contribution in [3.8, 4) is 0 Å². The average molecular weight is 311 g/mol. The van der Waals surface area contributed by atoms with E-state index in [0.29, 0.717) is 22.2 Å². The summed E-state index contributed by atoms with van der Waals surface area (Å²) in [5.74, 6) is 1.02. The molecule has 2 rings (SSSR count). The lowest BCUT2D eigenvalue weighted by Crippen LogP contribution is -2.36. The summed E-state index contributed by atoms with van der Waals surface area (Å²) in [7, 11) is 1.37. The molecule has 0 spiro atoms. The Balaban J connectivity index is 2.29. The van der Waals surface area contributed by atoms with Crippen LogP contribution in [0.3, 0.4) is 0 Å². The number of nitrogens with zero attached hydrogens (tertiary/aromatic N) is 1. The zero-order valence-corrected chi connectivity index (χ0v) is 13.6. The molecule has 116 valence electrons. The number of nitrogen functional groups attached to an aromatic ring is 1. The third-order valence-electron chi connectivity index (χ3n) is 4.29. The molecule has 4 nitrogen and oxygen atoms in total. The lowest BCUT2D eigenvalue weighted by Gasteiger charge is -2.36. The number of hydrogen-bond acceptors (Lipinski definition) is 4. The van der Waals surface area contributed by atoms with Crippen molar-refractivity contribution < 1.29 is 9.53 Å². The molecule has 1 saturated heterocycles. The third kappa shape index (κ3) is 3.43. The molecule has 1 fully saturated rings. The minimum atomic E-state index is -0.398. The number of ether oxygens (including phenoxy) is 1. The SMILES string of the molecule is COC(=O)c1cc(N)cc(Cl)c1N1CCC(C(C)C)CC1. The van der Waals surface area contributed by atoms with Gasteiger partial charge in [0, 0.05) is 18.8 Å². The quantitative estimate of drug-likeness (QED) is 0.685. The second kappa shape index (κ2) is 6.56. The van der Waals surface area contributed by atoms with Crippen LogP contribution in [0.4, 0.5) is 11.4 Å². The fourth-order valence-electron chi connectivity index (χ4n) is 3.00. The molecular formula is C16H23ClN2O2. The summed E-state index contributed by atoms with van der Waals surface area (Å²) in [5.41, 5.74) is 7.47. The van der Waals surface area contributed by atoms with Crippen LogP contribution < -0.4 is 10.6 Å². The van der Waals surface area contributed by atoms with E-state index in [9.17, 15) is 4.79 Å². The highest BCUT2D eigenvalue weighted by atomic mass is 35.5. The van der Waals surface area contributed by atoms with E-state index in [2.05, 4.69) is 18.7 Å². The molecule has 5 heteroatoms. The highest BCUT2D eigenvalue weighted by molar-refractivity contribution is 6.34. The molecule has 2 N–H and O–H groups in total. The fraction of sp³-hybridized carbons (Fsp3) is 0.562. The summed E-state index contributed by atoms with van der Waals surface area (Å²) < 4.78 is 4.86. The first-order chi connectivity index (χ1) is 9.93. The van der Waals surface area contributed by atoms with Gasteiger partial charge in [-0.3, -0.25) is 0 Å². The van der Waals surface area contributed by atoms with Gasteiger partial charge in [-0.2, -0.15) is 0 Å². The molecule has 21 heavy (non-hydrogen) atoms. The number of rotatable bonds is 3. The summed E-state index contributed by atoms with van der Waals surface area (Å²) in [5, 5.41) is 0.512. The summed E-state index contributed by atoms with van der Waals surface area (Å²) >= 11 is 6.34. The largest absolute Gasteiger partial charge is 0.465 e. The van der Waals surface area contributed by atoms with Crippen LogP contribution in [-0.4, -0.2) is 26.2 Å². The van der Waals surface area contributed by atoms with Gasteiger partial charge < -0.3 is 15.4 Å². The van der Waals surface area contributed by atoms with Crippen molar-refractivity contribution in [3.05, 3.63) is 22.7 Å². The van der Waals surface area contributed by atoms with E-state index < -0.39 is 5.97 Å². The zero-order valence-electron chi connectivity index (χ0n) is 12.9. The zero-order chi connectivity index (χ0) is 15.6. The van der Waals surface area contributed by atoms with Crippen molar-refractivity contribution in [1.29, 1.82) is 0 Å². The number of nitrogens with two attached hydrogens (primary N) is 1. The molecule has 1 aromatic rings. The van der Waals surface area contributed by atoms with Crippen molar-refractivity contribution in [2.45, 2.75) is 26.7 Å². The number of halogens is 1. The minimum Gasteiger partial charge on any atom is -0.465 e. The second-order valence-corrected chi connectivity index (χ2v) is 6.37. The van der Waals surface area contributed by atoms with Crippen molar-refractivity contribution in [3.63, 3.8) is 0 Å². The molecule has 1 aliphatic rings. The van der Waals surface area contributed by atoms with Crippen molar-refractivity contribution in [2.75, 3.05) is 30.8 Å². The van der Waals surface area contributed by atoms with Crippen LogP contribution in [-0.2, 0) is 4.74 Å². The number of anilines is 2. The Bertz CT molecular complexity index is 523. The van der Waals surface area contributed by atoms with Gasteiger partial charge in [0.25, 0.3) is 0 Å². The number of esters is 1. The summed E-state index contributed by atoms with van der Waals surface area (Å²) in [6.45, 7) is 6.32. The Hall–Kier alpha value is -1.42. The Morgan fingerprint density at radius 1 is 1.38 bits per heavy atom. The van der Waals surface area contributed by atoms with Crippen LogP contribution in [0.25, 0.3) is 0 Å². The maximum Gasteiger partial charge on any atom is 0.340 e. The first kappa shape index (κ1) is 16.0. The molecule has 0 aliphatic carbocycles. The van der Waals surface area contributed by atoms with Gasteiger partial charge in [0.1, 0.15) is 0 Å². The van der Waals surface area contributed by atoms with Gasteiger partial charge in [-0.15, -0.1) is 0 Å². The molecule has 0 amide bonds. The second-order valence-electron chi connectivity index (χ2n) is 5.96. The van der Waals surface area contributed by atoms with E-state index in [0.717, 1.165) is 37.5 Å². The predicted octanol–water partition coefficient (Wildman–Crippen LogP) is 3.58. The molecule has 0 radical (unpaired) electrons. The summed E-state index contributed by atoms with van der Waals surface area (Å²) in [6.07, 6.45) is 2.22. The maximum atomic E-state index is 12.0. The number of methoxy groups -OCH3 is 1. The van der Waals surface area contributed by atoms with Crippen molar-refractivity contribution in [1.82, 2.24) is 0 Å². The highest BCUT2D eigenvalue weighted by Gasteiger charge is 2.26. The van der Waals surface area contributed by atoms with Gasteiger partial charge in [0.05, 0.1) is 23.4 Å². The molecule has 0 bridgehead atoms. The Labute approximate surface area is 131 Å². The molecule has 0 aromatic heterocycles. The van der Waals surface area contributed by atoms with Crippen LogP contribution in [0.5, 0.6) is 0 Å². The van der Waals surface area contributed by atoms with Gasteiger partial charge in [0.15, 0.2) is 0 Å². The van der Waals surface area contributed by atoms with E-state index in [1.54, 1.807) is 12.1 Å². The topological polar surface area (TPSA) is 55.6 Å². The summed E-state index contributed by atoms with van der Waals surface area (Å²) in [6, 6.07) is 3.33. The first-order valence-electron chi connectivity index (χ1n) is 7.36. The van der Waals surface area contributed by atoms with Crippen LogP contribution in [0, 0.1) is 11.8 Å². The van der Waals surface area contributed by atoms with E-state index in [1.165, 1.54) is 7.11 Å². The number of carbonyl (C=O) groups is 1. The molecule has 1 heterocycles. The van der Waals surface area contributed by atoms with E-state index in [-0.39, 0.29) is 0 Å². The lowest BCUT2D eigenvalue weighted by atomic mass is 9.86. The third-order valence-corrected chi connectivity index (χ3v) is 4.58. The fourth-order valence-corrected chi connectivity index (χ4v) is 3.34. The summed E-state index contributed by atoms with van der Waals surface area (Å²) in [4.78, 5) is 14.2. The maximum absolute atomic E-state index is 12.0. The van der Waals surface area contributed by atoms with Crippen LogP contribution in [0.15, 0.2) is 12.1 Å². The molecule has 0 unspecified atom stereocenters. The first-order valence-corrected chi connectivity index (χ1v) is 7.74. The molecule has 0 atom stereocenters. The smallest absolute Gasteiger partial charge is 0.340 e. The van der Waals surface area contributed by atoms with Crippen LogP contribution in [0.1, 0.15) is 37.0 Å². The molecule has 1 aromatic carbocycles. The van der Waals surface area contributed by atoms with Crippen molar-refractivity contribution in [2.24, 2.45) is 11.8 Å². The molecule has 0 saturated carbocycles. The average Bonchev–Trinajstić information content (AvgIpc) is 2.45. The number of benzene rings is 1. The number of carbonyl (C=O) groups excluding carboxylic acids is 1. The van der Waals surface area contributed by atoms with Gasteiger partial charge in [-0.25, -0.2) is 4.79 Å². The van der Waals surface area contributed by atoms with E-state index in [1.807, 2.05) is 0 Å². The lowest BCUT2D eigenvalue weighted by molar-refractivity contribution is 0.0601. The van der Waals surface area contributed by atoms with Gasteiger partial charge >= 0.3 is 5.97 Å². The van der Waals surface area contributed by atoms with Gasteiger partial charge in [-0.1, -0.05) is 25.4 Å². The standard InChI is InChI=1S/C16H23ClN2O2/c1-10(2)11-4-6-19(7-5-11)15-13(16(20)21-3)8-12(18)9-14(15)17/h8-11H,4-7,18H2,1-3H3. The van der Waals surface area contributed by atoms with Crippen LogP contribution >= 0.6 is 11.6 Å². The van der Waals surface area contributed by atoms with Crippen molar-refractivity contribution >= 4 is 28.9 Å². The highest BCUT2D eigenvalue weighted by Crippen LogP contribution is 2.36. The Kier molecular flexibility index (Phi) is 4.99. The molecular weight excluding hydrogens is 288 g/mol. The van der Waals surface area contributed by atoms with E-state index in [4.69, 9.17) is 22.1 Å². The van der Waals surface area contributed by atoms with Gasteiger partial charge in [-0.05, 0) is 36.8 Å². The van der Waals surface area contributed by atoms with Gasteiger partial charge in [0.2, 0.25) is 0 Å². The monoisotopic (exact) mass is 310 g/mol. The number of piperidine rings is 1. The Morgan fingerprint density at radius 3 is 2.52 bits per heavy atom. The predicted molar refractivity (Wildman–Crippen MR) is 87.0 cm³/mol. The minimum absolute atomic E-state index is 0.398.